The SMILES string of the molecule is CC(C)n1c(C2=CC=CCN2C(CF)CF)c(C#N)c2cc(F)ccc21. The van der Waals surface area contributed by atoms with Gasteiger partial charge < -0.3 is 9.47 Å². The number of hydrogen-bond donors (Lipinski definition) is 0. The lowest BCUT2D eigenvalue weighted by Gasteiger charge is -2.34. The predicted octanol–water partition coefficient (Wildman–Crippen LogP) is 4.75. The Morgan fingerprint density at radius 3 is 2.58 bits per heavy atom. The summed E-state index contributed by atoms with van der Waals surface area (Å²) >= 11 is 0. The molecule has 26 heavy (non-hydrogen) atoms. The van der Waals surface area contributed by atoms with Crippen LogP contribution < -0.4 is 0 Å². The highest BCUT2D eigenvalue weighted by Crippen LogP contribution is 2.36. The minimum Gasteiger partial charge on any atom is -0.358 e. The first-order valence-corrected chi connectivity index (χ1v) is 8.52. The molecule has 136 valence electrons. The second kappa shape index (κ2) is 7.28. The van der Waals surface area contributed by atoms with Gasteiger partial charge in [-0.3, -0.25) is 0 Å². The van der Waals surface area contributed by atoms with Crippen molar-refractivity contribution in [3.63, 3.8) is 0 Å². The first-order chi connectivity index (χ1) is 12.5. The van der Waals surface area contributed by atoms with Crippen molar-refractivity contribution in [1.82, 2.24) is 9.47 Å². The van der Waals surface area contributed by atoms with Gasteiger partial charge in [0.05, 0.1) is 28.5 Å². The first kappa shape index (κ1) is 18.1. The number of hydrogen-bond acceptors (Lipinski definition) is 2. The highest BCUT2D eigenvalue weighted by Gasteiger charge is 2.29. The van der Waals surface area contributed by atoms with Crippen molar-refractivity contribution in [2.75, 3.05) is 19.9 Å². The molecule has 0 saturated carbocycles. The maximum Gasteiger partial charge on any atom is 0.124 e. The van der Waals surface area contributed by atoms with E-state index in [2.05, 4.69) is 6.07 Å². The third kappa shape index (κ3) is 2.88. The molecular weight excluding hydrogens is 339 g/mol. The highest BCUT2D eigenvalue weighted by atomic mass is 19.1. The van der Waals surface area contributed by atoms with Crippen LogP contribution >= 0.6 is 0 Å². The molecular formula is C20H20F3N3. The molecule has 0 saturated heterocycles. The number of aromatic nitrogens is 1. The fourth-order valence-electron chi connectivity index (χ4n) is 3.48. The van der Waals surface area contributed by atoms with E-state index in [9.17, 15) is 18.4 Å². The molecule has 0 spiro atoms. The Hall–Kier alpha value is -2.68. The fraction of sp³-hybridized carbons (Fsp3) is 0.350. The maximum absolute atomic E-state index is 13.8. The van der Waals surface area contributed by atoms with Gasteiger partial charge in [-0.15, -0.1) is 0 Å². The second-order valence-corrected chi connectivity index (χ2v) is 6.56. The molecule has 6 heteroatoms. The summed E-state index contributed by atoms with van der Waals surface area (Å²) in [6.45, 7) is 2.60. The summed E-state index contributed by atoms with van der Waals surface area (Å²) in [6, 6.07) is 5.55. The molecule has 0 radical (unpaired) electrons. The zero-order valence-corrected chi connectivity index (χ0v) is 14.7. The molecule has 0 unspecified atom stereocenters. The second-order valence-electron chi connectivity index (χ2n) is 6.56. The Morgan fingerprint density at radius 2 is 1.96 bits per heavy atom. The van der Waals surface area contributed by atoms with Crippen molar-refractivity contribution in [1.29, 1.82) is 5.26 Å². The molecule has 2 heterocycles. The Bertz CT molecular complexity index is 915. The monoisotopic (exact) mass is 359 g/mol. The average molecular weight is 359 g/mol. The fourth-order valence-corrected chi connectivity index (χ4v) is 3.48. The van der Waals surface area contributed by atoms with Crippen molar-refractivity contribution in [2.45, 2.75) is 25.9 Å². The standard InChI is InChI=1S/C20H20F3N3/c1-13(2)26-18-7-6-14(23)9-16(18)17(12-24)20(26)19-5-3-4-8-25(19)15(10-21)11-22/h3-7,9,13,15H,8,10-11H2,1-2H3. The van der Waals surface area contributed by atoms with Crippen LogP contribution in [0.4, 0.5) is 13.2 Å². The van der Waals surface area contributed by atoms with Gasteiger partial charge >= 0.3 is 0 Å². The van der Waals surface area contributed by atoms with Crippen molar-refractivity contribution in [3.05, 3.63) is 53.5 Å². The molecule has 1 aliphatic heterocycles. The molecule has 0 amide bonds. The van der Waals surface area contributed by atoms with E-state index in [4.69, 9.17) is 0 Å². The molecule has 0 aliphatic carbocycles. The van der Waals surface area contributed by atoms with Gasteiger partial charge in [0.2, 0.25) is 0 Å². The van der Waals surface area contributed by atoms with Crippen molar-refractivity contribution in [2.24, 2.45) is 0 Å². The normalized spacial score (nSPS) is 14.4. The summed E-state index contributed by atoms with van der Waals surface area (Å²) in [5.74, 6) is -0.429. The van der Waals surface area contributed by atoms with Crippen LogP contribution in [0, 0.1) is 17.1 Å². The summed E-state index contributed by atoms with van der Waals surface area (Å²) in [7, 11) is 0. The van der Waals surface area contributed by atoms with Crippen LogP contribution in [0.3, 0.4) is 0 Å². The molecule has 1 aliphatic rings. The van der Waals surface area contributed by atoms with Gasteiger partial charge in [-0.2, -0.15) is 5.26 Å². The van der Waals surface area contributed by atoms with Crippen LogP contribution in [-0.4, -0.2) is 35.4 Å². The van der Waals surface area contributed by atoms with E-state index in [0.29, 0.717) is 28.9 Å². The lowest BCUT2D eigenvalue weighted by molar-refractivity contribution is 0.211. The lowest BCUT2D eigenvalue weighted by Crippen LogP contribution is -2.39. The Balaban J connectivity index is 2.32. The predicted molar refractivity (Wildman–Crippen MR) is 96.6 cm³/mol. The molecule has 1 aromatic carbocycles. The van der Waals surface area contributed by atoms with E-state index < -0.39 is 25.2 Å². The van der Waals surface area contributed by atoms with E-state index in [1.165, 1.54) is 12.1 Å². The highest BCUT2D eigenvalue weighted by molar-refractivity contribution is 5.93. The Kier molecular flexibility index (Phi) is 5.08. The summed E-state index contributed by atoms with van der Waals surface area (Å²) in [6.07, 6.45) is 5.38. The third-order valence-corrected chi connectivity index (χ3v) is 4.63. The van der Waals surface area contributed by atoms with Gasteiger partial charge in [-0.25, -0.2) is 13.2 Å². The van der Waals surface area contributed by atoms with Gasteiger partial charge in [0, 0.05) is 18.0 Å². The number of alkyl halides is 2. The number of allylic oxidation sites excluding steroid dienone is 2. The first-order valence-electron chi connectivity index (χ1n) is 8.52. The Morgan fingerprint density at radius 1 is 1.23 bits per heavy atom. The van der Waals surface area contributed by atoms with Crippen LogP contribution in [-0.2, 0) is 0 Å². The molecule has 0 fully saturated rings. The van der Waals surface area contributed by atoms with Crippen LogP contribution in [0.2, 0.25) is 0 Å². The van der Waals surface area contributed by atoms with Crippen molar-refractivity contribution >= 4 is 16.6 Å². The number of benzene rings is 1. The average Bonchev–Trinajstić information content (AvgIpc) is 2.96. The topological polar surface area (TPSA) is 32.0 Å². The minimum atomic E-state index is -0.923. The summed E-state index contributed by atoms with van der Waals surface area (Å²) in [4.78, 5) is 1.63. The molecule has 2 aromatic rings. The summed E-state index contributed by atoms with van der Waals surface area (Å²) in [5.41, 5.74) is 2.19. The number of fused-ring (bicyclic) bond motifs is 1. The lowest BCUT2D eigenvalue weighted by atomic mass is 10.1. The van der Waals surface area contributed by atoms with Crippen molar-refractivity contribution < 1.29 is 13.2 Å². The van der Waals surface area contributed by atoms with Gasteiger partial charge in [-0.05, 0) is 38.1 Å². The van der Waals surface area contributed by atoms with Crippen LogP contribution in [0.25, 0.3) is 16.6 Å². The number of rotatable bonds is 5. The zero-order chi connectivity index (χ0) is 18.8. The molecule has 0 atom stereocenters. The van der Waals surface area contributed by atoms with E-state index in [1.54, 1.807) is 17.0 Å². The van der Waals surface area contributed by atoms with Gasteiger partial charge in [0.25, 0.3) is 0 Å². The van der Waals surface area contributed by atoms with E-state index in [1.807, 2.05) is 30.6 Å². The molecule has 3 rings (SSSR count). The van der Waals surface area contributed by atoms with Crippen LogP contribution in [0.15, 0.2) is 36.4 Å². The largest absolute Gasteiger partial charge is 0.358 e. The van der Waals surface area contributed by atoms with Gasteiger partial charge in [0.15, 0.2) is 0 Å². The van der Waals surface area contributed by atoms with E-state index >= 15 is 0 Å². The van der Waals surface area contributed by atoms with Crippen molar-refractivity contribution in [3.8, 4) is 6.07 Å². The molecule has 0 N–H and O–H groups in total. The smallest absolute Gasteiger partial charge is 0.124 e. The van der Waals surface area contributed by atoms with Gasteiger partial charge in [0.1, 0.15) is 25.2 Å². The summed E-state index contributed by atoms with van der Waals surface area (Å²) < 4.78 is 42.5. The van der Waals surface area contributed by atoms with Gasteiger partial charge in [-0.1, -0.05) is 12.2 Å². The van der Waals surface area contributed by atoms with Crippen LogP contribution in [0.5, 0.6) is 0 Å². The van der Waals surface area contributed by atoms with Crippen LogP contribution in [0.1, 0.15) is 31.1 Å². The van der Waals surface area contributed by atoms with E-state index in [0.717, 1.165) is 5.52 Å². The minimum absolute atomic E-state index is 0.0251. The molecule has 3 nitrogen and oxygen atoms in total. The molecule has 0 bridgehead atoms. The zero-order valence-electron chi connectivity index (χ0n) is 14.7. The molecule has 1 aromatic heterocycles. The summed E-state index contributed by atoms with van der Waals surface area (Å²) in [5, 5.41) is 10.3. The quantitative estimate of drug-likeness (QED) is 0.771. The number of nitrogens with zero attached hydrogens (tertiary/aromatic N) is 3. The maximum atomic E-state index is 13.8. The van der Waals surface area contributed by atoms with E-state index in [-0.39, 0.29) is 6.04 Å². The number of nitriles is 1. The Labute approximate surface area is 150 Å². The third-order valence-electron chi connectivity index (χ3n) is 4.63. The number of halogens is 3.